The number of rotatable bonds is 2. The third kappa shape index (κ3) is 2.17. The van der Waals surface area contributed by atoms with Gasteiger partial charge in [-0.2, -0.15) is 0 Å². The Morgan fingerprint density at radius 2 is 2.27 bits per heavy atom. The van der Waals surface area contributed by atoms with Crippen molar-refractivity contribution >= 4 is 28.0 Å². The Bertz CT molecular complexity index is 1150. The zero-order valence-corrected chi connectivity index (χ0v) is 13.8. The maximum Gasteiger partial charge on any atom is 0.326 e. The van der Waals surface area contributed by atoms with Crippen molar-refractivity contribution in [3.63, 3.8) is 0 Å². The van der Waals surface area contributed by atoms with E-state index in [4.69, 9.17) is 4.52 Å². The predicted octanol–water partition coefficient (Wildman–Crippen LogP) is 1.67. The monoisotopic (exact) mass is 352 g/mol. The zero-order chi connectivity index (χ0) is 17.7. The van der Waals surface area contributed by atoms with Gasteiger partial charge in [0.1, 0.15) is 5.65 Å². The maximum atomic E-state index is 12.6. The van der Waals surface area contributed by atoms with Gasteiger partial charge in [-0.1, -0.05) is 5.16 Å². The van der Waals surface area contributed by atoms with Crippen LogP contribution in [0.1, 0.15) is 29.4 Å². The number of nitrogens with zero attached hydrogens (tertiary/aromatic N) is 4. The summed E-state index contributed by atoms with van der Waals surface area (Å²) in [5, 5.41) is 4.49. The van der Waals surface area contributed by atoms with Crippen LogP contribution in [0.2, 0.25) is 0 Å². The van der Waals surface area contributed by atoms with E-state index in [9.17, 15) is 9.59 Å². The van der Waals surface area contributed by atoms with Crippen molar-refractivity contribution in [1.29, 1.82) is 0 Å². The minimum absolute atomic E-state index is 0.114. The molecule has 2 N–H and O–H groups in total. The van der Waals surface area contributed by atoms with Crippen molar-refractivity contribution in [3.05, 3.63) is 47.0 Å². The summed E-state index contributed by atoms with van der Waals surface area (Å²) in [6, 6.07) is 3.35. The van der Waals surface area contributed by atoms with Crippen molar-refractivity contribution in [2.45, 2.75) is 18.9 Å². The molecule has 1 amide bonds. The average molecular weight is 352 g/mol. The van der Waals surface area contributed by atoms with E-state index in [1.54, 1.807) is 27.9 Å². The van der Waals surface area contributed by atoms with Gasteiger partial charge in [0.15, 0.2) is 0 Å². The fourth-order valence-corrected chi connectivity index (χ4v) is 3.80. The van der Waals surface area contributed by atoms with Crippen molar-refractivity contribution in [3.8, 4) is 0 Å². The molecule has 0 radical (unpaired) electrons. The number of hydrogen-bond donors (Lipinski definition) is 2. The number of pyridine rings is 1. The summed E-state index contributed by atoms with van der Waals surface area (Å²) in [5.74, 6) is 0.0164. The number of nitrogens with one attached hydrogen (secondary N) is 2. The lowest BCUT2D eigenvalue weighted by atomic mass is 10.0. The minimum atomic E-state index is -0.200. The van der Waals surface area contributed by atoms with Crippen LogP contribution in [0.4, 0.5) is 0 Å². The fraction of sp³-hybridized carbons (Fsp3) is 0.294. The highest BCUT2D eigenvalue weighted by atomic mass is 16.5. The van der Waals surface area contributed by atoms with Crippen LogP contribution < -0.4 is 5.69 Å². The molecule has 9 heteroatoms. The quantitative estimate of drug-likeness (QED) is 0.570. The summed E-state index contributed by atoms with van der Waals surface area (Å²) in [4.78, 5) is 37.2. The van der Waals surface area contributed by atoms with Crippen LogP contribution in [0.3, 0.4) is 0 Å². The van der Waals surface area contributed by atoms with Gasteiger partial charge in [-0.25, -0.2) is 9.78 Å². The second-order valence-corrected chi connectivity index (χ2v) is 6.48. The van der Waals surface area contributed by atoms with Gasteiger partial charge in [-0.15, -0.1) is 0 Å². The first kappa shape index (κ1) is 14.9. The van der Waals surface area contributed by atoms with E-state index in [0.29, 0.717) is 18.6 Å². The van der Waals surface area contributed by atoms with Crippen molar-refractivity contribution in [1.82, 2.24) is 29.6 Å². The molecule has 132 valence electrons. The zero-order valence-electron chi connectivity index (χ0n) is 13.8. The number of hydrogen-bond acceptors (Lipinski definition) is 5. The number of aromatic nitrogens is 5. The van der Waals surface area contributed by atoms with Gasteiger partial charge >= 0.3 is 5.69 Å². The number of amides is 1. The van der Waals surface area contributed by atoms with Crippen LogP contribution in [-0.4, -0.2) is 48.6 Å². The largest absolute Gasteiger partial charge is 0.351 e. The van der Waals surface area contributed by atoms with E-state index in [-0.39, 0.29) is 23.4 Å². The number of piperidine rings is 1. The molecule has 0 saturated carbocycles. The van der Waals surface area contributed by atoms with Gasteiger partial charge in [0.25, 0.3) is 5.91 Å². The molecule has 1 aliphatic heterocycles. The van der Waals surface area contributed by atoms with Crippen molar-refractivity contribution < 1.29 is 9.32 Å². The lowest BCUT2D eigenvalue weighted by Crippen LogP contribution is -2.42. The highest BCUT2D eigenvalue weighted by molar-refractivity contribution is 6.01. The second-order valence-electron chi connectivity index (χ2n) is 6.48. The molecule has 4 aromatic rings. The molecule has 0 aliphatic carbocycles. The van der Waals surface area contributed by atoms with E-state index >= 15 is 0 Å². The standard InChI is InChI=1S/C17H16N6O3/c24-16(13-4-6-20-26-13)22-7-1-2-10(9-22)23-14-11-3-5-18-15(11)19-8-12(14)21-17(23)25/h3-6,8,10H,1-2,7,9H2,(H,18,19)(H,21,25)/t10-/m1/s1. The lowest BCUT2D eigenvalue weighted by Gasteiger charge is -2.32. The molecular formula is C17H16N6O3. The third-order valence-corrected chi connectivity index (χ3v) is 4.96. The van der Waals surface area contributed by atoms with E-state index in [0.717, 1.165) is 29.4 Å². The molecule has 5 rings (SSSR count). The predicted molar refractivity (Wildman–Crippen MR) is 92.9 cm³/mol. The molecule has 26 heavy (non-hydrogen) atoms. The Labute approximate surface area is 146 Å². The molecule has 4 aromatic heterocycles. The highest BCUT2D eigenvalue weighted by Gasteiger charge is 2.29. The molecular weight excluding hydrogens is 336 g/mol. The first-order valence-corrected chi connectivity index (χ1v) is 8.48. The van der Waals surface area contributed by atoms with Crippen molar-refractivity contribution in [2.75, 3.05) is 13.1 Å². The number of H-pyrrole nitrogens is 2. The highest BCUT2D eigenvalue weighted by Crippen LogP contribution is 2.28. The Kier molecular flexibility index (Phi) is 3.21. The summed E-state index contributed by atoms with van der Waals surface area (Å²) in [5.41, 5.74) is 2.06. The number of imidazole rings is 1. The summed E-state index contributed by atoms with van der Waals surface area (Å²) in [7, 11) is 0. The molecule has 5 heterocycles. The van der Waals surface area contributed by atoms with E-state index < -0.39 is 0 Å². The number of fused-ring (bicyclic) bond motifs is 3. The van der Waals surface area contributed by atoms with Gasteiger partial charge in [0, 0.05) is 30.7 Å². The summed E-state index contributed by atoms with van der Waals surface area (Å²) < 4.78 is 6.74. The number of carbonyl (C=O) groups is 1. The van der Waals surface area contributed by atoms with Gasteiger partial charge in [-0.05, 0) is 18.9 Å². The fourth-order valence-electron chi connectivity index (χ4n) is 3.80. The lowest BCUT2D eigenvalue weighted by molar-refractivity contribution is 0.0638. The first-order chi connectivity index (χ1) is 12.7. The second kappa shape index (κ2) is 5.58. The van der Waals surface area contributed by atoms with Crippen LogP contribution in [0.25, 0.3) is 22.1 Å². The Morgan fingerprint density at radius 3 is 3.12 bits per heavy atom. The van der Waals surface area contributed by atoms with Gasteiger partial charge in [0.05, 0.1) is 29.5 Å². The molecule has 1 saturated heterocycles. The maximum absolute atomic E-state index is 12.6. The van der Waals surface area contributed by atoms with Crippen LogP contribution in [0.5, 0.6) is 0 Å². The Hall–Kier alpha value is -3.36. The first-order valence-electron chi connectivity index (χ1n) is 8.48. The van der Waals surface area contributed by atoms with Gasteiger partial charge in [-0.3, -0.25) is 9.36 Å². The summed E-state index contributed by atoms with van der Waals surface area (Å²) >= 11 is 0. The molecule has 0 bridgehead atoms. The number of aromatic amines is 2. The van der Waals surface area contributed by atoms with E-state index in [2.05, 4.69) is 20.1 Å². The van der Waals surface area contributed by atoms with Crippen molar-refractivity contribution in [2.24, 2.45) is 0 Å². The van der Waals surface area contributed by atoms with Crippen LogP contribution >= 0.6 is 0 Å². The molecule has 1 atom stereocenters. The smallest absolute Gasteiger partial charge is 0.326 e. The third-order valence-electron chi connectivity index (χ3n) is 4.96. The molecule has 0 aromatic carbocycles. The topological polar surface area (TPSA) is 113 Å². The molecule has 1 aliphatic rings. The normalized spacial score (nSPS) is 18.0. The molecule has 0 unspecified atom stereocenters. The van der Waals surface area contributed by atoms with Gasteiger partial charge < -0.3 is 19.4 Å². The molecule has 1 fully saturated rings. The van der Waals surface area contributed by atoms with Crippen LogP contribution in [0.15, 0.2) is 40.0 Å². The molecule has 9 nitrogen and oxygen atoms in total. The molecule has 0 spiro atoms. The number of carbonyl (C=O) groups excluding carboxylic acids is 1. The van der Waals surface area contributed by atoms with E-state index in [1.807, 2.05) is 6.07 Å². The summed E-state index contributed by atoms with van der Waals surface area (Å²) in [6.45, 7) is 1.08. The van der Waals surface area contributed by atoms with E-state index in [1.165, 1.54) is 6.20 Å². The summed E-state index contributed by atoms with van der Waals surface area (Å²) in [6.07, 6.45) is 6.55. The van der Waals surface area contributed by atoms with Crippen LogP contribution in [-0.2, 0) is 0 Å². The Morgan fingerprint density at radius 1 is 1.35 bits per heavy atom. The van der Waals surface area contributed by atoms with Gasteiger partial charge in [0.2, 0.25) is 5.76 Å². The minimum Gasteiger partial charge on any atom is -0.351 e. The number of likely N-dealkylation sites (tertiary alicyclic amines) is 1. The average Bonchev–Trinajstić information content (AvgIpc) is 3.39. The van der Waals surface area contributed by atoms with Crippen LogP contribution in [0, 0.1) is 0 Å². The SMILES string of the molecule is O=C(c1ccno1)N1CCC[C@@H](n2c(=O)[nH]c3cnc4[nH]ccc4c32)C1. The Balaban J connectivity index is 1.57.